The van der Waals surface area contributed by atoms with Crippen LogP contribution in [0.5, 0.6) is 0 Å². The Morgan fingerprint density at radius 3 is 2.62 bits per heavy atom. The van der Waals surface area contributed by atoms with Crippen molar-refractivity contribution >= 4 is 31.7 Å². The first-order valence-electron chi connectivity index (χ1n) is 4.42. The van der Waals surface area contributed by atoms with Gasteiger partial charge < -0.3 is 4.42 Å². The molecule has 2 rings (SSSR count). The molecule has 1 aliphatic heterocycles. The second kappa shape index (κ2) is 3.70. The van der Waals surface area contributed by atoms with Crippen molar-refractivity contribution in [2.45, 2.75) is 18.6 Å². The third-order valence-electron chi connectivity index (χ3n) is 2.23. The minimum absolute atomic E-state index is 0.00492. The monoisotopic (exact) mass is 265 g/mol. The van der Waals surface area contributed by atoms with Crippen LogP contribution in [-0.4, -0.2) is 36.3 Å². The summed E-state index contributed by atoms with van der Waals surface area (Å²) in [6.07, 6.45) is -0.159. The Balaban J connectivity index is 2.24. The van der Waals surface area contributed by atoms with E-state index >= 15 is 0 Å². The Labute approximate surface area is 95.8 Å². The van der Waals surface area contributed by atoms with Gasteiger partial charge in [-0.1, -0.05) is 5.10 Å². The molecular formula is C7H8ClN3O4S. The molecule has 1 aromatic rings. The Morgan fingerprint density at radius 2 is 2.19 bits per heavy atom. The first-order chi connectivity index (χ1) is 7.38. The van der Waals surface area contributed by atoms with Crippen LogP contribution in [0.1, 0.15) is 12.3 Å². The normalized spacial score (nSPS) is 21.8. The average Bonchev–Trinajstić information content (AvgIpc) is 2.70. The molecule has 0 aliphatic carbocycles. The topological polar surface area (TPSA) is 93.4 Å². The van der Waals surface area contributed by atoms with E-state index in [1.54, 1.807) is 6.92 Å². The van der Waals surface area contributed by atoms with Crippen molar-refractivity contribution in [1.29, 1.82) is 0 Å². The van der Waals surface area contributed by atoms with Crippen LogP contribution in [0, 0.1) is 6.92 Å². The molecule has 1 atom stereocenters. The Kier molecular flexibility index (Phi) is 2.62. The van der Waals surface area contributed by atoms with Gasteiger partial charge in [0.25, 0.3) is 0 Å². The molecule has 1 saturated heterocycles. The van der Waals surface area contributed by atoms with Gasteiger partial charge in [0.05, 0.1) is 0 Å². The number of nitrogens with zero attached hydrogens (tertiary/aromatic N) is 3. The maximum Gasteiger partial charge on any atom is 0.325 e. The molecule has 1 unspecified atom stereocenters. The fourth-order valence-electron chi connectivity index (χ4n) is 1.44. The Hall–Kier alpha value is -1.15. The van der Waals surface area contributed by atoms with Gasteiger partial charge in [-0.05, 0) is 0 Å². The van der Waals surface area contributed by atoms with E-state index < -0.39 is 20.2 Å². The lowest BCUT2D eigenvalue weighted by atomic mass is 10.4. The minimum Gasteiger partial charge on any atom is -0.408 e. The van der Waals surface area contributed by atoms with Gasteiger partial charge in [0.15, 0.2) is 0 Å². The van der Waals surface area contributed by atoms with E-state index in [2.05, 4.69) is 10.2 Å². The lowest BCUT2D eigenvalue weighted by molar-refractivity contribution is -0.117. The predicted octanol–water partition coefficient (Wildman–Crippen LogP) is 0.0519. The zero-order chi connectivity index (χ0) is 11.9. The molecule has 0 saturated carbocycles. The van der Waals surface area contributed by atoms with Crippen molar-refractivity contribution in [2.75, 3.05) is 11.4 Å². The summed E-state index contributed by atoms with van der Waals surface area (Å²) in [5, 5.41) is 6.28. The Bertz CT molecular complexity index is 525. The summed E-state index contributed by atoms with van der Waals surface area (Å²) >= 11 is 0. The number of hydrogen-bond donors (Lipinski definition) is 0. The number of aryl methyl sites for hydroxylation is 1. The van der Waals surface area contributed by atoms with E-state index in [1.807, 2.05) is 0 Å². The molecule has 88 valence electrons. The second-order valence-electron chi connectivity index (χ2n) is 3.41. The van der Waals surface area contributed by atoms with E-state index in [1.165, 1.54) is 0 Å². The molecule has 1 aliphatic rings. The zero-order valence-corrected chi connectivity index (χ0v) is 9.82. The molecule has 2 heterocycles. The molecule has 1 amide bonds. The van der Waals surface area contributed by atoms with Crippen LogP contribution in [0.15, 0.2) is 4.42 Å². The summed E-state index contributed by atoms with van der Waals surface area (Å²) in [6, 6.07) is 0.00492. The smallest absolute Gasteiger partial charge is 0.325 e. The minimum atomic E-state index is -3.75. The highest BCUT2D eigenvalue weighted by Crippen LogP contribution is 2.25. The molecule has 7 nitrogen and oxygen atoms in total. The van der Waals surface area contributed by atoms with Crippen LogP contribution in [-0.2, 0) is 13.8 Å². The number of rotatable bonds is 2. The molecule has 0 N–H and O–H groups in total. The number of anilines is 1. The number of carbonyl (C=O) groups excluding carboxylic acids is 1. The van der Waals surface area contributed by atoms with E-state index in [9.17, 15) is 13.2 Å². The van der Waals surface area contributed by atoms with E-state index in [4.69, 9.17) is 15.1 Å². The number of halogens is 1. The highest BCUT2D eigenvalue weighted by Gasteiger charge is 2.40. The van der Waals surface area contributed by atoms with Gasteiger partial charge in [0.1, 0.15) is 5.25 Å². The predicted molar refractivity (Wildman–Crippen MR) is 54.6 cm³/mol. The van der Waals surface area contributed by atoms with Crippen molar-refractivity contribution in [3.8, 4) is 0 Å². The third-order valence-corrected chi connectivity index (χ3v) is 4.10. The largest absolute Gasteiger partial charge is 0.408 e. The van der Waals surface area contributed by atoms with Crippen LogP contribution in [0.2, 0.25) is 0 Å². The van der Waals surface area contributed by atoms with Crippen LogP contribution >= 0.6 is 10.7 Å². The van der Waals surface area contributed by atoms with Crippen molar-refractivity contribution in [3.05, 3.63) is 5.89 Å². The maximum atomic E-state index is 11.5. The standard InChI is InChI=1S/C7H8ClN3O4S/c1-4-9-10-7(15-4)11-3-5(2-6(11)12)16(8,13)14/h5H,2-3H2,1H3. The van der Waals surface area contributed by atoms with E-state index in [0.717, 1.165) is 4.90 Å². The van der Waals surface area contributed by atoms with Crippen molar-refractivity contribution in [3.63, 3.8) is 0 Å². The quantitative estimate of drug-likeness (QED) is 0.702. The average molecular weight is 266 g/mol. The van der Waals surface area contributed by atoms with Gasteiger partial charge in [-0.15, -0.1) is 5.10 Å². The second-order valence-corrected chi connectivity index (χ2v) is 6.32. The molecule has 0 spiro atoms. The van der Waals surface area contributed by atoms with Crippen LogP contribution in [0.25, 0.3) is 0 Å². The van der Waals surface area contributed by atoms with Gasteiger partial charge in [-0.2, -0.15) is 0 Å². The molecule has 1 fully saturated rings. The van der Waals surface area contributed by atoms with Crippen LogP contribution in [0.3, 0.4) is 0 Å². The van der Waals surface area contributed by atoms with E-state index in [-0.39, 0.29) is 19.0 Å². The van der Waals surface area contributed by atoms with Gasteiger partial charge in [-0.25, -0.2) is 8.42 Å². The molecule has 1 aromatic heterocycles. The van der Waals surface area contributed by atoms with Gasteiger partial charge in [-0.3, -0.25) is 9.69 Å². The van der Waals surface area contributed by atoms with Crippen molar-refractivity contribution in [1.82, 2.24) is 10.2 Å². The van der Waals surface area contributed by atoms with Gasteiger partial charge in [0, 0.05) is 30.6 Å². The fraction of sp³-hybridized carbons (Fsp3) is 0.571. The third kappa shape index (κ3) is 2.03. The SMILES string of the molecule is Cc1nnc(N2CC(S(=O)(=O)Cl)CC2=O)o1. The van der Waals surface area contributed by atoms with Gasteiger partial charge in [0.2, 0.25) is 20.8 Å². The number of amides is 1. The molecule has 0 aromatic carbocycles. The zero-order valence-electron chi connectivity index (χ0n) is 8.25. The first kappa shape index (κ1) is 11.3. The lowest BCUT2D eigenvalue weighted by Crippen LogP contribution is -2.27. The first-order valence-corrected chi connectivity index (χ1v) is 6.79. The van der Waals surface area contributed by atoms with Gasteiger partial charge >= 0.3 is 6.01 Å². The number of aromatic nitrogens is 2. The highest BCUT2D eigenvalue weighted by atomic mass is 35.7. The summed E-state index contributed by atoms with van der Waals surface area (Å²) in [5.41, 5.74) is 0. The summed E-state index contributed by atoms with van der Waals surface area (Å²) in [5.74, 6) is -0.0853. The maximum absolute atomic E-state index is 11.5. The summed E-state index contributed by atoms with van der Waals surface area (Å²) in [7, 11) is 1.44. The van der Waals surface area contributed by atoms with Crippen LogP contribution < -0.4 is 4.90 Å². The molecule has 0 bridgehead atoms. The molecular weight excluding hydrogens is 258 g/mol. The summed E-state index contributed by atoms with van der Waals surface area (Å²) < 4.78 is 27.2. The number of hydrogen-bond acceptors (Lipinski definition) is 6. The molecule has 0 radical (unpaired) electrons. The molecule has 9 heteroatoms. The van der Waals surface area contributed by atoms with Crippen molar-refractivity contribution in [2.24, 2.45) is 0 Å². The molecule has 16 heavy (non-hydrogen) atoms. The van der Waals surface area contributed by atoms with Crippen LogP contribution in [0.4, 0.5) is 6.01 Å². The summed E-state index contributed by atoms with van der Waals surface area (Å²) in [4.78, 5) is 12.6. The Morgan fingerprint density at radius 1 is 1.50 bits per heavy atom. The highest BCUT2D eigenvalue weighted by molar-refractivity contribution is 8.14. The number of carbonyl (C=O) groups is 1. The van der Waals surface area contributed by atoms with Crippen molar-refractivity contribution < 1.29 is 17.6 Å². The summed E-state index contributed by atoms with van der Waals surface area (Å²) in [6.45, 7) is 1.53. The lowest BCUT2D eigenvalue weighted by Gasteiger charge is -2.09. The van der Waals surface area contributed by atoms with E-state index in [0.29, 0.717) is 5.89 Å². The fourth-order valence-corrected chi connectivity index (χ4v) is 2.47.